The summed E-state index contributed by atoms with van der Waals surface area (Å²) in [6.07, 6.45) is 2.97. The molecule has 1 atom stereocenters. The van der Waals surface area contributed by atoms with Gasteiger partial charge < -0.3 is 9.30 Å². The summed E-state index contributed by atoms with van der Waals surface area (Å²) in [6, 6.07) is 14.0. The zero-order valence-corrected chi connectivity index (χ0v) is 9.34. The van der Waals surface area contributed by atoms with Gasteiger partial charge in [-0.2, -0.15) is 5.26 Å². The molecule has 0 spiro atoms. The van der Waals surface area contributed by atoms with E-state index in [4.69, 9.17) is 10.00 Å². The lowest BCUT2D eigenvalue weighted by molar-refractivity contribution is 0.209. The molecule has 3 nitrogen and oxygen atoms in total. The number of benzene rings is 1. The summed E-state index contributed by atoms with van der Waals surface area (Å²) in [6.45, 7) is 0.727. The standard InChI is InChI=1S/C14H12N2O/c15-9-12-5-3-7-16(12)10-13-8-11-4-1-2-6-14(11)17-13/h1-7,13H,8,10H2. The van der Waals surface area contributed by atoms with E-state index in [1.807, 2.05) is 41.1 Å². The van der Waals surface area contributed by atoms with Gasteiger partial charge in [0.25, 0.3) is 0 Å². The summed E-state index contributed by atoms with van der Waals surface area (Å²) in [5.41, 5.74) is 1.94. The Bertz CT molecular complexity index is 555. The molecule has 0 amide bonds. The highest BCUT2D eigenvalue weighted by atomic mass is 16.5. The Morgan fingerprint density at radius 1 is 1.29 bits per heavy atom. The third-order valence-corrected chi connectivity index (χ3v) is 3.06. The first kappa shape index (κ1) is 9.98. The lowest BCUT2D eigenvalue weighted by Crippen LogP contribution is -2.21. The summed E-state index contributed by atoms with van der Waals surface area (Å²) in [7, 11) is 0. The second-order valence-corrected chi connectivity index (χ2v) is 4.21. The molecule has 1 aromatic heterocycles. The second-order valence-electron chi connectivity index (χ2n) is 4.21. The van der Waals surface area contributed by atoms with E-state index in [-0.39, 0.29) is 6.10 Å². The fraction of sp³-hybridized carbons (Fsp3) is 0.214. The fourth-order valence-electron chi connectivity index (χ4n) is 2.25. The summed E-state index contributed by atoms with van der Waals surface area (Å²) < 4.78 is 7.79. The maximum Gasteiger partial charge on any atom is 0.123 e. The fourth-order valence-corrected chi connectivity index (χ4v) is 2.25. The molecule has 3 rings (SSSR count). The minimum absolute atomic E-state index is 0.131. The van der Waals surface area contributed by atoms with Crippen LogP contribution in [0.15, 0.2) is 42.6 Å². The highest BCUT2D eigenvalue weighted by molar-refractivity contribution is 5.37. The predicted octanol–water partition coefficient (Wildman–Crippen LogP) is 2.36. The van der Waals surface area contributed by atoms with E-state index in [1.54, 1.807) is 0 Å². The number of nitriles is 1. The van der Waals surface area contributed by atoms with Crippen LogP contribution >= 0.6 is 0 Å². The molecule has 17 heavy (non-hydrogen) atoms. The number of nitrogens with zero attached hydrogens (tertiary/aromatic N) is 2. The molecule has 1 unspecified atom stereocenters. The molecule has 0 radical (unpaired) electrons. The van der Waals surface area contributed by atoms with E-state index in [9.17, 15) is 0 Å². The quantitative estimate of drug-likeness (QED) is 0.785. The van der Waals surface area contributed by atoms with Crippen LogP contribution in [0.4, 0.5) is 0 Å². The predicted molar refractivity (Wildman–Crippen MR) is 63.7 cm³/mol. The summed E-state index contributed by atoms with van der Waals surface area (Å²) in [4.78, 5) is 0. The molecule has 2 aromatic rings. The third-order valence-electron chi connectivity index (χ3n) is 3.06. The van der Waals surface area contributed by atoms with Gasteiger partial charge in [0.05, 0.1) is 6.54 Å². The van der Waals surface area contributed by atoms with Gasteiger partial charge in [-0.3, -0.25) is 0 Å². The molecule has 0 saturated carbocycles. The molecule has 0 aliphatic carbocycles. The largest absolute Gasteiger partial charge is 0.488 e. The van der Waals surface area contributed by atoms with E-state index >= 15 is 0 Å². The smallest absolute Gasteiger partial charge is 0.123 e. The Balaban J connectivity index is 1.76. The van der Waals surface area contributed by atoms with Crippen LogP contribution < -0.4 is 4.74 Å². The van der Waals surface area contributed by atoms with Gasteiger partial charge in [0, 0.05) is 12.6 Å². The van der Waals surface area contributed by atoms with Crippen LogP contribution in [0.3, 0.4) is 0 Å². The Morgan fingerprint density at radius 3 is 3.00 bits per heavy atom. The van der Waals surface area contributed by atoms with Crippen molar-refractivity contribution in [3.63, 3.8) is 0 Å². The number of rotatable bonds is 2. The van der Waals surface area contributed by atoms with Crippen molar-refractivity contribution >= 4 is 0 Å². The van der Waals surface area contributed by atoms with Gasteiger partial charge in [-0.05, 0) is 23.8 Å². The molecule has 0 saturated heterocycles. The van der Waals surface area contributed by atoms with E-state index in [0.717, 1.165) is 18.7 Å². The van der Waals surface area contributed by atoms with Gasteiger partial charge in [0.15, 0.2) is 0 Å². The summed E-state index contributed by atoms with van der Waals surface area (Å²) >= 11 is 0. The van der Waals surface area contributed by atoms with E-state index < -0.39 is 0 Å². The summed E-state index contributed by atoms with van der Waals surface area (Å²) in [5, 5.41) is 8.94. The van der Waals surface area contributed by atoms with Crippen molar-refractivity contribution in [1.29, 1.82) is 5.26 Å². The van der Waals surface area contributed by atoms with E-state index in [1.165, 1.54) is 5.56 Å². The van der Waals surface area contributed by atoms with Gasteiger partial charge in [0.1, 0.15) is 23.6 Å². The van der Waals surface area contributed by atoms with Crippen molar-refractivity contribution in [2.75, 3.05) is 0 Å². The average Bonchev–Trinajstić information content (AvgIpc) is 2.94. The highest BCUT2D eigenvalue weighted by Crippen LogP contribution is 2.28. The number of aromatic nitrogens is 1. The first-order chi connectivity index (χ1) is 8.36. The van der Waals surface area contributed by atoms with Crippen molar-refractivity contribution < 1.29 is 4.74 Å². The molecule has 3 heteroatoms. The number of fused-ring (bicyclic) bond motifs is 1. The zero-order valence-electron chi connectivity index (χ0n) is 9.34. The van der Waals surface area contributed by atoms with Crippen LogP contribution in [0.2, 0.25) is 0 Å². The van der Waals surface area contributed by atoms with Crippen LogP contribution in [-0.4, -0.2) is 10.7 Å². The average molecular weight is 224 g/mol. The van der Waals surface area contributed by atoms with Crippen molar-refractivity contribution in [3.8, 4) is 11.8 Å². The molecule has 2 heterocycles. The first-order valence-corrected chi connectivity index (χ1v) is 5.66. The molecule has 0 fully saturated rings. The molecule has 1 aliphatic rings. The number of para-hydroxylation sites is 1. The monoisotopic (exact) mass is 224 g/mol. The lowest BCUT2D eigenvalue weighted by atomic mass is 10.1. The topological polar surface area (TPSA) is 38.0 Å². The van der Waals surface area contributed by atoms with Crippen LogP contribution in [0.5, 0.6) is 5.75 Å². The second kappa shape index (κ2) is 3.99. The number of ether oxygens (including phenoxy) is 1. The van der Waals surface area contributed by atoms with Crippen molar-refractivity contribution in [1.82, 2.24) is 4.57 Å². The molecule has 1 aliphatic heterocycles. The molecule has 1 aromatic carbocycles. The van der Waals surface area contributed by atoms with E-state index in [0.29, 0.717) is 5.69 Å². The zero-order chi connectivity index (χ0) is 11.7. The van der Waals surface area contributed by atoms with Crippen LogP contribution in [0, 0.1) is 11.3 Å². The van der Waals surface area contributed by atoms with E-state index in [2.05, 4.69) is 12.1 Å². The Kier molecular flexibility index (Phi) is 2.34. The SMILES string of the molecule is N#Cc1cccn1CC1Cc2ccccc2O1. The Labute approximate surface area is 99.9 Å². The Morgan fingerprint density at radius 2 is 2.18 bits per heavy atom. The Hall–Kier alpha value is -2.21. The number of hydrogen-bond donors (Lipinski definition) is 0. The normalized spacial score (nSPS) is 17.2. The first-order valence-electron chi connectivity index (χ1n) is 5.66. The van der Waals surface area contributed by atoms with Gasteiger partial charge in [-0.15, -0.1) is 0 Å². The lowest BCUT2D eigenvalue weighted by Gasteiger charge is -2.12. The highest BCUT2D eigenvalue weighted by Gasteiger charge is 2.22. The van der Waals surface area contributed by atoms with Gasteiger partial charge >= 0.3 is 0 Å². The van der Waals surface area contributed by atoms with Crippen LogP contribution in [-0.2, 0) is 13.0 Å². The maximum absolute atomic E-state index is 8.94. The van der Waals surface area contributed by atoms with Crippen LogP contribution in [0.1, 0.15) is 11.3 Å². The maximum atomic E-state index is 8.94. The minimum atomic E-state index is 0.131. The molecule has 0 bridgehead atoms. The van der Waals surface area contributed by atoms with Crippen molar-refractivity contribution in [2.45, 2.75) is 19.1 Å². The number of hydrogen-bond acceptors (Lipinski definition) is 2. The van der Waals surface area contributed by atoms with Crippen molar-refractivity contribution in [2.24, 2.45) is 0 Å². The molecular formula is C14H12N2O. The molecular weight excluding hydrogens is 212 g/mol. The molecule has 0 N–H and O–H groups in total. The summed E-state index contributed by atoms with van der Waals surface area (Å²) in [5.74, 6) is 0.975. The molecule has 84 valence electrons. The minimum Gasteiger partial charge on any atom is -0.488 e. The van der Waals surface area contributed by atoms with Gasteiger partial charge in [-0.1, -0.05) is 18.2 Å². The third kappa shape index (κ3) is 1.78. The van der Waals surface area contributed by atoms with Crippen LogP contribution in [0.25, 0.3) is 0 Å². The van der Waals surface area contributed by atoms with Gasteiger partial charge in [-0.25, -0.2) is 0 Å². The van der Waals surface area contributed by atoms with Gasteiger partial charge in [0.2, 0.25) is 0 Å². The van der Waals surface area contributed by atoms with Crippen molar-refractivity contribution in [3.05, 3.63) is 53.9 Å².